The highest BCUT2D eigenvalue weighted by Gasteiger charge is 2.30. The first-order valence-corrected chi connectivity index (χ1v) is 12.3. The summed E-state index contributed by atoms with van der Waals surface area (Å²) in [6, 6.07) is 17.9. The number of benzene rings is 2. The van der Waals surface area contributed by atoms with Crippen LogP contribution in [0.4, 0.5) is 0 Å². The largest absolute Gasteiger partial charge is 0.478 e. The number of nitrogens with zero attached hydrogens (tertiary/aromatic N) is 3. The lowest BCUT2D eigenvalue weighted by Gasteiger charge is -2.33. The van der Waals surface area contributed by atoms with E-state index in [1.807, 2.05) is 32.2 Å². The Labute approximate surface area is 208 Å². The van der Waals surface area contributed by atoms with E-state index in [0.717, 1.165) is 57.4 Å². The van der Waals surface area contributed by atoms with Crippen molar-refractivity contribution in [1.82, 2.24) is 14.7 Å². The predicted molar refractivity (Wildman–Crippen MR) is 137 cm³/mol. The first-order chi connectivity index (χ1) is 17.5. The lowest BCUT2D eigenvalue weighted by molar-refractivity contribution is 0.0553. The molecule has 1 aliphatic rings. The number of hydrogen-bond donors (Lipinski definition) is 1. The van der Waals surface area contributed by atoms with E-state index >= 15 is 0 Å². The zero-order chi connectivity index (χ0) is 24.8. The summed E-state index contributed by atoms with van der Waals surface area (Å²) in [6.07, 6.45) is 3.71. The quantitative estimate of drug-likeness (QED) is 0.323. The third kappa shape index (κ3) is 3.67. The van der Waals surface area contributed by atoms with E-state index in [1.54, 1.807) is 12.1 Å². The van der Waals surface area contributed by atoms with Crippen molar-refractivity contribution < 1.29 is 19.2 Å². The van der Waals surface area contributed by atoms with Crippen molar-refractivity contribution in [2.24, 2.45) is 5.92 Å². The Morgan fingerprint density at radius 1 is 1.06 bits per heavy atom. The Hall–Kier alpha value is -3.97. The van der Waals surface area contributed by atoms with Crippen LogP contribution in [-0.4, -0.2) is 39.0 Å². The third-order valence-electron chi connectivity index (χ3n) is 7.34. The number of carboxylic acids is 1. The van der Waals surface area contributed by atoms with Crippen molar-refractivity contribution >= 4 is 27.9 Å². The molecular weight excluding hydrogens is 454 g/mol. The van der Waals surface area contributed by atoms with Crippen molar-refractivity contribution in [3.8, 4) is 11.1 Å². The van der Waals surface area contributed by atoms with E-state index < -0.39 is 5.97 Å². The van der Waals surface area contributed by atoms with Gasteiger partial charge in [0.05, 0.1) is 33.8 Å². The molecule has 0 radical (unpaired) electrons. The van der Waals surface area contributed by atoms with Gasteiger partial charge in [0.1, 0.15) is 5.76 Å². The van der Waals surface area contributed by atoms with Gasteiger partial charge in [0, 0.05) is 35.9 Å². The van der Waals surface area contributed by atoms with E-state index in [-0.39, 0.29) is 11.6 Å². The molecule has 6 rings (SSSR count). The number of aromatic carboxylic acids is 1. The fourth-order valence-electron chi connectivity index (χ4n) is 5.68. The van der Waals surface area contributed by atoms with E-state index in [0.29, 0.717) is 19.1 Å². The zero-order valence-electron chi connectivity index (χ0n) is 20.3. The molecule has 2 aromatic carbocycles. The summed E-state index contributed by atoms with van der Waals surface area (Å²) in [4.78, 5) is 16.8. The molecule has 5 aromatic rings. The van der Waals surface area contributed by atoms with Crippen LogP contribution >= 0.6 is 0 Å². The minimum absolute atomic E-state index is 0.000800. The highest BCUT2D eigenvalue weighted by Crippen LogP contribution is 2.41. The minimum Gasteiger partial charge on any atom is -0.478 e. The molecular formula is C29H27N3O4. The van der Waals surface area contributed by atoms with Crippen LogP contribution in [-0.2, 0) is 4.74 Å². The Kier molecular flexibility index (Phi) is 5.57. The van der Waals surface area contributed by atoms with Gasteiger partial charge in [-0.2, -0.15) is 0 Å². The molecule has 0 saturated carbocycles. The standard InChI is InChI=1S/C29H27N3O4/c1-17-26(18(2)36-31-17)22-15-25-27(30-16-22)23-9-8-21(29(33)34)14-24(23)32(25)28(19-6-4-3-5-7-19)20-10-12-35-13-11-20/h3-9,14-16,20,28H,10-13H2,1-2H3,(H,33,34). The number of carbonyl (C=O) groups is 1. The number of pyridine rings is 1. The van der Waals surface area contributed by atoms with Crippen molar-refractivity contribution in [2.45, 2.75) is 32.7 Å². The maximum Gasteiger partial charge on any atom is 0.335 e. The van der Waals surface area contributed by atoms with Gasteiger partial charge in [-0.25, -0.2) is 4.79 Å². The van der Waals surface area contributed by atoms with Crippen molar-refractivity contribution in [2.75, 3.05) is 13.2 Å². The second-order valence-corrected chi connectivity index (χ2v) is 9.50. The molecule has 7 heteroatoms. The van der Waals surface area contributed by atoms with E-state index in [1.165, 1.54) is 5.56 Å². The molecule has 182 valence electrons. The fraction of sp³-hybridized carbons (Fsp3) is 0.276. The van der Waals surface area contributed by atoms with Crippen LogP contribution in [0, 0.1) is 19.8 Å². The number of rotatable bonds is 5. The number of fused-ring (bicyclic) bond motifs is 3. The van der Waals surface area contributed by atoms with Crippen molar-refractivity contribution in [3.05, 3.63) is 83.4 Å². The van der Waals surface area contributed by atoms with Gasteiger partial charge >= 0.3 is 5.97 Å². The molecule has 0 aliphatic carbocycles. The number of ether oxygens (including phenoxy) is 1. The third-order valence-corrected chi connectivity index (χ3v) is 7.34. The van der Waals surface area contributed by atoms with E-state index in [9.17, 15) is 9.90 Å². The van der Waals surface area contributed by atoms with Gasteiger partial charge in [-0.3, -0.25) is 4.98 Å². The van der Waals surface area contributed by atoms with E-state index in [4.69, 9.17) is 14.2 Å². The average molecular weight is 482 g/mol. The maximum absolute atomic E-state index is 11.9. The second-order valence-electron chi connectivity index (χ2n) is 9.50. The van der Waals surface area contributed by atoms with Crippen LogP contribution in [0.3, 0.4) is 0 Å². The molecule has 1 fully saturated rings. The Morgan fingerprint density at radius 3 is 2.53 bits per heavy atom. The molecule has 1 saturated heterocycles. The summed E-state index contributed by atoms with van der Waals surface area (Å²) in [5.74, 6) is 0.130. The Bertz CT molecular complexity index is 1560. The molecule has 0 bridgehead atoms. The molecule has 36 heavy (non-hydrogen) atoms. The topological polar surface area (TPSA) is 90.4 Å². The first-order valence-electron chi connectivity index (χ1n) is 12.3. The minimum atomic E-state index is -0.944. The van der Waals surface area contributed by atoms with Crippen LogP contribution in [0.25, 0.3) is 33.1 Å². The Morgan fingerprint density at radius 2 is 1.83 bits per heavy atom. The van der Waals surface area contributed by atoms with Crippen molar-refractivity contribution in [3.63, 3.8) is 0 Å². The highest BCUT2D eigenvalue weighted by atomic mass is 16.5. The average Bonchev–Trinajstić information content (AvgIpc) is 3.41. The molecule has 1 atom stereocenters. The number of aryl methyl sites for hydroxylation is 2. The molecule has 0 spiro atoms. The lowest BCUT2D eigenvalue weighted by Crippen LogP contribution is -2.27. The molecule has 7 nitrogen and oxygen atoms in total. The predicted octanol–water partition coefficient (Wildman–Crippen LogP) is 6.18. The molecule has 0 amide bonds. The number of aromatic nitrogens is 3. The van der Waals surface area contributed by atoms with Gasteiger partial charge in [-0.1, -0.05) is 35.5 Å². The second kappa shape index (κ2) is 8.91. The lowest BCUT2D eigenvalue weighted by atomic mass is 9.86. The van der Waals surface area contributed by atoms with Gasteiger partial charge in [0.25, 0.3) is 0 Å². The highest BCUT2D eigenvalue weighted by molar-refractivity contribution is 6.08. The van der Waals surface area contributed by atoms with Crippen LogP contribution in [0.5, 0.6) is 0 Å². The Balaban J connectivity index is 1.69. The first kappa shape index (κ1) is 22.5. The monoisotopic (exact) mass is 481 g/mol. The van der Waals surface area contributed by atoms with Crippen LogP contribution in [0.2, 0.25) is 0 Å². The molecule has 3 aromatic heterocycles. The summed E-state index contributed by atoms with van der Waals surface area (Å²) in [7, 11) is 0. The van der Waals surface area contributed by atoms with E-state index in [2.05, 4.69) is 40.1 Å². The van der Waals surface area contributed by atoms with Gasteiger partial charge in [0.15, 0.2) is 0 Å². The van der Waals surface area contributed by atoms with Crippen LogP contribution in [0.1, 0.15) is 46.3 Å². The van der Waals surface area contributed by atoms with Gasteiger partial charge in [0.2, 0.25) is 0 Å². The summed E-state index contributed by atoms with van der Waals surface area (Å²) in [5, 5.41) is 14.9. The van der Waals surface area contributed by atoms with Gasteiger partial charge in [-0.15, -0.1) is 0 Å². The normalized spacial score (nSPS) is 15.5. The SMILES string of the molecule is Cc1noc(C)c1-c1cnc2c3ccc(C(=O)O)cc3n(C(c3ccccc3)C3CCOCC3)c2c1. The van der Waals surface area contributed by atoms with Gasteiger partial charge < -0.3 is 18.9 Å². The number of hydrogen-bond acceptors (Lipinski definition) is 5. The summed E-state index contributed by atoms with van der Waals surface area (Å²) >= 11 is 0. The summed E-state index contributed by atoms with van der Waals surface area (Å²) in [6.45, 7) is 5.27. The molecule has 1 N–H and O–H groups in total. The summed E-state index contributed by atoms with van der Waals surface area (Å²) < 4.78 is 13.5. The molecule has 4 heterocycles. The summed E-state index contributed by atoms with van der Waals surface area (Å²) in [5.41, 5.74) is 6.82. The smallest absolute Gasteiger partial charge is 0.335 e. The van der Waals surface area contributed by atoms with Crippen molar-refractivity contribution in [1.29, 1.82) is 0 Å². The van der Waals surface area contributed by atoms with Crippen LogP contribution < -0.4 is 0 Å². The molecule has 1 aliphatic heterocycles. The number of carboxylic acid groups (broad SMARTS) is 1. The molecule has 1 unspecified atom stereocenters. The fourth-order valence-corrected chi connectivity index (χ4v) is 5.68. The zero-order valence-corrected chi connectivity index (χ0v) is 20.3. The van der Waals surface area contributed by atoms with Gasteiger partial charge in [-0.05, 0) is 62.4 Å². The van der Waals surface area contributed by atoms with Crippen LogP contribution in [0.15, 0.2) is 65.3 Å². The maximum atomic E-state index is 11.9.